The molecule has 1 amide bonds. The zero-order chi connectivity index (χ0) is 14.7. The number of hydrogen-bond donors (Lipinski definition) is 0. The van der Waals surface area contributed by atoms with Crippen LogP contribution in [0.2, 0.25) is 0 Å². The summed E-state index contributed by atoms with van der Waals surface area (Å²) in [5.74, 6) is -1.15. The molecule has 0 aliphatic carbocycles. The quantitative estimate of drug-likeness (QED) is 0.805. The van der Waals surface area contributed by atoms with Crippen molar-refractivity contribution in [1.82, 2.24) is 14.8 Å². The predicted octanol–water partition coefficient (Wildman–Crippen LogP) is 2.26. The second-order valence-corrected chi connectivity index (χ2v) is 4.37. The lowest BCUT2D eigenvalue weighted by Gasteiger charge is -2.18. The SMILES string of the molecule is CON(C)C(=O)c1cc(F)nn1[C@H](C)c1ccccc1. The van der Waals surface area contributed by atoms with Crippen molar-refractivity contribution in [3.63, 3.8) is 0 Å². The second kappa shape index (κ2) is 5.83. The van der Waals surface area contributed by atoms with Crippen LogP contribution in [0.1, 0.15) is 29.0 Å². The van der Waals surface area contributed by atoms with Crippen molar-refractivity contribution in [3.8, 4) is 0 Å². The summed E-state index contributed by atoms with van der Waals surface area (Å²) in [6.45, 7) is 1.85. The van der Waals surface area contributed by atoms with Gasteiger partial charge < -0.3 is 0 Å². The first-order chi connectivity index (χ1) is 9.54. The molecule has 0 aliphatic rings. The molecule has 0 saturated carbocycles. The molecule has 0 unspecified atom stereocenters. The number of halogens is 1. The van der Waals surface area contributed by atoms with E-state index in [9.17, 15) is 9.18 Å². The van der Waals surface area contributed by atoms with Crippen LogP contribution in [-0.2, 0) is 4.84 Å². The number of rotatable bonds is 4. The molecule has 6 heteroatoms. The summed E-state index contributed by atoms with van der Waals surface area (Å²) >= 11 is 0. The molecule has 0 saturated heterocycles. The van der Waals surface area contributed by atoms with Crippen molar-refractivity contribution in [2.45, 2.75) is 13.0 Å². The topological polar surface area (TPSA) is 47.4 Å². The Labute approximate surface area is 116 Å². The summed E-state index contributed by atoms with van der Waals surface area (Å²) in [7, 11) is 2.83. The minimum Gasteiger partial charge on any atom is -0.274 e. The Kier molecular flexibility index (Phi) is 4.14. The number of aromatic nitrogens is 2. The summed E-state index contributed by atoms with van der Waals surface area (Å²) in [5.41, 5.74) is 1.08. The first-order valence-corrected chi connectivity index (χ1v) is 6.16. The van der Waals surface area contributed by atoms with Gasteiger partial charge in [0.15, 0.2) is 0 Å². The maximum absolute atomic E-state index is 13.4. The molecule has 5 nitrogen and oxygen atoms in total. The Hall–Kier alpha value is -2.21. The Morgan fingerprint density at radius 1 is 1.40 bits per heavy atom. The molecule has 20 heavy (non-hydrogen) atoms. The molecule has 1 aromatic carbocycles. The van der Waals surface area contributed by atoms with Gasteiger partial charge in [-0.3, -0.25) is 9.63 Å². The van der Waals surface area contributed by atoms with Crippen LogP contribution in [0.4, 0.5) is 4.39 Å². The van der Waals surface area contributed by atoms with Crippen molar-refractivity contribution in [3.05, 3.63) is 53.6 Å². The van der Waals surface area contributed by atoms with Gasteiger partial charge in [0.2, 0.25) is 5.95 Å². The average molecular weight is 277 g/mol. The van der Waals surface area contributed by atoms with Crippen LogP contribution in [0, 0.1) is 5.95 Å². The zero-order valence-corrected chi connectivity index (χ0v) is 11.6. The third-order valence-corrected chi connectivity index (χ3v) is 3.13. The van der Waals surface area contributed by atoms with Crippen molar-refractivity contribution in [2.75, 3.05) is 14.2 Å². The number of amides is 1. The fraction of sp³-hybridized carbons (Fsp3) is 0.286. The van der Waals surface area contributed by atoms with Gasteiger partial charge in [-0.25, -0.2) is 9.75 Å². The summed E-state index contributed by atoms with van der Waals surface area (Å²) in [5, 5.41) is 4.80. The smallest absolute Gasteiger partial charge is 0.274 e. The van der Waals surface area contributed by atoms with Gasteiger partial charge in [-0.2, -0.15) is 4.39 Å². The number of carbonyl (C=O) groups is 1. The van der Waals surface area contributed by atoms with Crippen LogP contribution in [0.25, 0.3) is 0 Å². The molecule has 0 fully saturated rings. The Bertz CT molecular complexity index is 598. The van der Waals surface area contributed by atoms with Crippen LogP contribution in [-0.4, -0.2) is 34.9 Å². The lowest BCUT2D eigenvalue weighted by Crippen LogP contribution is -2.28. The van der Waals surface area contributed by atoms with E-state index in [4.69, 9.17) is 4.84 Å². The maximum atomic E-state index is 13.4. The van der Waals surface area contributed by atoms with Crippen LogP contribution in [0.15, 0.2) is 36.4 Å². The third kappa shape index (κ3) is 2.70. The molecule has 0 radical (unpaired) electrons. The first-order valence-electron chi connectivity index (χ1n) is 6.16. The number of hydrogen-bond acceptors (Lipinski definition) is 3. The fourth-order valence-electron chi connectivity index (χ4n) is 1.94. The van der Waals surface area contributed by atoms with Gasteiger partial charge >= 0.3 is 0 Å². The van der Waals surface area contributed by atoms with E-state index in [0.29, 0.717) is 0 Å². The molecule has 106 valence electrons. The summed E-state index contributed by atoms with van der Waals surface area (Å²) < 4.78 is 14.8. The average Bonchev–Trinajstić information content (AvgIpc) is 2.87. The van der Waals surface area contributed by atoms with E-state index in [0.717, 1.165) is 16.7 Å². The number of benzene rings is 1. The lowest BCUT2D eigenvalue weighted by atomic mass is 10.1. The van der Waals surface area contributed by atoms with Crippen LogP contribution >= 0.6 is 0 Å². The van der Waals surface area contributed by atoms with Crippen molar-refractivity contribution in [2.24, 2.45) is 0 Å². The third-order valence-electron chi connectivity index (χ3n) is 3.13. The summed E-state index contributed by atoms with van der Waals surface area (Å²) in [6, 6.07) is 10.3. The second-order valence-electron chi connectivity index (χ2n) is 4.37. The highest BCUT2D eigenvalue weighted by Gasteiger charge is 2.22. The van der Waals surface area contributed by atoms with Crippen molar-refractivity contribution in [1.29, 1.82) is 0 Å². The van der Waals surface area contributed by atoms with Crippen molar-refractivity contribution >= 4 is 5.91 Å². The van der Waals surface area contributed by atoms with Gasteiger partial charge in [-0.05, 0) is 12.5 Å². The Morgan fingerprint density at radius 2 is 2.05 bits per heavy atom. The lowest BCUT2D eigenvalue weighted by molar-refractivity contribution is -0.0764. The molecule has 2 aromatic rings. The molecule has 0 bridgehead atoms. The first kappa shape index (κ1) is 14.2. The maximum Gasteiger partial charge on any atom is 0.295 e. The summed E-state index contributed by atoms with van der Waals surface area (Å²) in [4.78, 5) is 17.0. The number of nitrogens with zero attached hydrogens (tertiary/aromatic N) is 3. The van der Waals surface area contributed by atoms with E-state index >= 15 is 0 Å². The molecular formula is C14H16FN3O2. The molecule has 2 rings (SSSR count). The van der Waals surface area contributed by atoms with E-state index in [1.807, 2.05) is 37.3 Å². The Morgan fingerprint density at radius 3 is 2.65 bits per heavy atom. The minimum atomic E-state index is -0.694. The highest BCUT2D eigenvalue weighted by molar-refractivity contribution is 5.91. The molecule has 0 aliphatic heterocycles. The largest absolute Gasteiger partial charge is 0.295 e. The van der Waals surface area contributed by atoms with Crippen LogP contribution in [0.5, 0.6) is 0 Å². The van der Waals surface area contributed by atoms with Gasteiger partial charge in [0, 0.05) is 13.1 Å². The fourth-order valence-corrected chi connectivity index (χ4v) is 1.94. The molecular weight excluding hydrogens is 261 g/mol. The summed E-state index contributed by atoms with van der Waals surface area (Å²) in [6.07, 6.45) is 0. The standard InChI is InChI=1S/C14H16FN3O2/c1-10(11-7-5-4-6-8-11)18-12(9-13(15)16-18)14(19)17(2)20-3/h4-10H,1-3H3/t10-/m1/s1. The van der Waals surface area contributed by atoms with E-state index in [1.54, 1.807) is 0 Å². The van der Waals surface area contributed by atoms with Gasteiger partial charge in [0.1, 0.15) is 5.69 Å². The Balaban J connectivity index is 2.40. The number of hydroxylamine groups is 2. The van der Waals surface area contributed by atoms with E-state index in [-0.39, 0.29) is 11.7 Å². The van der Waals surface area contributed by atoms with Gasteiger partial charge in [0.05, 0.1) is 13.2 Å². The predicted molar refractivity (Wildman–Crippen MR) is 71.5 cm³/mol. The highest BCUT2D eigenvalue weighted by Crippen LogP contribution is 2.20. The molecule has 1 aromatic heterocycles. The van der Waals surface area contributed by atoms with E-state index < -0.39 is 11.9 Å². The van der Waals surface area contributed by atoms with Gasteiger partial charge in [0.25, 0.3) is 5.91 Å². The van der Waals surface area contributed by atoms with E-state index in [1.165, 1.54) is 18.8 Å². The van der Waals surface area contributed by atoms with E-state index in [2.05, 4.69) is 5.10 Å². The zero-order valence-electron chi connectivity index (χ0n) is 11.6. The normalized spacial score (nSPS) is 12.2. The highest BCUT2D eigenvalue weighted by atomic mass is 19.1. The monoisotopic (exact) mass is 277 g/mol. The van der Waals surface area contributed by atoms with Crippen LogP contribution < -0.4 is 0 Å². The number of carbonyl (C=O) groups excluding carboxylic acids is 1. The van der Waals surface area contributed by atoms with Gasteiger partial charge in [-0.1, -0.05) is 30.3 Å². The molecule has 0 N–H and O–H groups in total. The van der Waals surface area contributed by atoms with Crippen molar-refractivity contribution < 1.29 is 14.0 Å². The molecule has 0 spiro atoms. The molecule has 1 atom stereocenters. The molecule has 1 heterocycles. The van der Waals surface area contributed by atoms with Gasteiger partial charge in [-0.15, -0.1) is 5.10 Å². The minimum absolute atomic E-state index is 0.142. The van der Waals surface area contributed by atoms with Crippen LogP contribution in [0.3, 0.4) is 0 Å².